The van der Waals surface area contributed by atoms with Crippen molar-refractivity contribution in [2.75, 3.05) is 6.26 Å². The highest BCUT2D eigenvalue weighted by Gasteiger charge is 2.26. The molecule has 0 aliphatic carbocycles. The maximum absolute atomic E-state index is 11.5. The van der Waals surface area contributed by atoms with Crippen LogP contribution in [0.25, 0.3) is 0 Å². The monoisotopic (exact) mass is 274 g/mol. The summed E-state index contributed by atoms with van der Waals surface area (Å²) in [5.74, 6) is 6.32. The molecule has 104 valence electrons. The van der Waals surface area contributed by atoms with Gasteiger partial charge in [-0.3, -0.25) is 11.3 Å². The van der Waals surface area contributed by atoms with E-state index in [2.05, 4.69) is 17.3 Å². The second-order valence-corrected chi connectivity index (χ2v) is 6.95. The topological polar surface area (TPSA) is 90.0 Å². The molecule has 0 bridgehead atoms. The maximum Gasteiger partial charge on any atom is 0.151 e. The highest BCUT2D eigenvalue weighted by molar-refractivity contribution is 7.91. The molecule has 1 rings (SSSR count). The maximum atomic E-state index is 11.5. The van der Waals surface area contributed by atoms with Crippen molar-refractivity contribution in [3.63, 3.8) is 0 Å². The second-order valence-electron chi connectivity index (χ2n) is 4.55. The van der Waals surface area contributed by atoms with Gasteiger partial charge in [0, 0.05) is 37.7 Å². The van der Waals surface area contributed by atoms with Crippen molar-refractivity contribution < 1.29 is 8.42 Å². The van der Waals surface area contributed by atoms with Gasteiger partial charge in [0.25, 0.3) is 0 Å². The summed E-state index contributed by atoms with van der Waals surface area (Å²) >= 11 is 0. The van der Waals surface area contributed by atoms with Crippen molar-refractivity contribution >= 4 is 9.84 Å². The van der Waals surface area contributed by atoms with Crippen LogP contribution in [0.5, 0.6) is 0 Å². The first-order valence-electron chi connectivity index (χ1n) is 6.05. The van der Waals surface area contributed by atoms with E-state index in [1.54, 1.807) is 13.1 Å². The average molecular weight is 274 g/mol. The smallest absolute Gasteiger partial charge is 0.151 e. The summed E-state index contributed by atoms with van der Waals surface area (Å²) in [6.07, 6.45) is 6.35. The first kappa shape index (κ1) is 15.1. The normalized spacial score (nSPS) is 15.6. The van der Waals surface area contributed by atoms with Gasteiger partial charge < -0.3 is 4.57 Å². The standard InChI is InChI=1S/C11H22N4O2S/c1-4-6-15-7-5-13-11(15)8-10(14-12)9(2)18(3,16)17/h5,7,9-10,14H,4,6,8,12H2,1-3H3. The number of nitrogens with zero attached hydrogens (tertiary/aromatic N) is 2. The van der Waals surface area contributed by atoms with Gasteiger partial charge in [-0.2, -0.15) is 0 Å². The molecule has 1 aromatic heterocycles. The molecule has 0 aliphatic rings. The summed E-state index contributed by atoms with van der Waals surface area (Å²) in [7, 11) is -3.12. The van der Waals surface area contributed by atoms with Gasteiger partial charge in [-0.05, 0) is 13.3 Å². The minimum atomic E-state index is -3.12. The van der Waals surface area contributed by atoms with E-state index in [0.717, 1.165) is 18.8 Å². The van der Waals surface area contributed by atoms with Crippen molar-refractivity contribution in [3.8, 4) is 0 Å². The van der Waals surface area contributed by atoms with Crippen LogP contribution in [0.2, 0.25) is 0 Å². The Morgan fingerprint density at radius 1 is 1.56 bits per heavy atom. The van der Waals surface area contributed by atoms with Gasteiger partial charge in [0.15, 0.2) is 9.84 Å². The average Bonchev–Trinajstić information content (AvgIpc) is 2.72. The molecule has 2 atom stereocenters. The molecule has 18 heavy (non-hydrogen) atoms. The van der Waals surface area contributed by atoms with Crippen molar-refractivity contribution in [1.82, 2.24) is 15.0 Å². The Bertz CT molecular complexity index is 469. The van der Waals surface area contributed by atoms with Crippen LogP contribution < -0.4 is 11.3 Å². The molecular weight excluding hydrogens is 252 g/mol. The predicted molar refractivity (Wildman–Crippen MR) is 71.6 cm³/mol. The van der Waals surface area contributed by atoms with Crippen LogP contribution in [-0.2, 0) is 22.8 Å². The Morgan fingerprint density at radius 2 is 2.22 bits per heavy atom. The number of sulfone groups is 1. The zero-order valence-corrected chi connectivity index (χ0v) is 11.9. The Kier molecular flexibility index (Phi) is 5.30. The Hall–Kier alpha value is -0.920. The number of hydrogen-bond acceptors (Lipinski definition) is 5. The fraction of sp³-hybridized carbons (Fsp3) is 0.727. The van der Waals surface area contributed by atoms with Crippen molar-refractivity contribution in [2.45, 2.75) is 44.5 Å². The number of nitrogens with two attached hydrogens (primary N) is 1. The molecule has 2 unspecified atom stereocenters. The van der Waals surface area contributed by atoms with E-state index in [4.69, 9.17) is 5.84 Å². The van der Waals surface area contributed by atoms with E-state index < -0.39 is 15.1 Å². The Balaban J connectivity index is 2.83. The summed E-state index contributed by atoms with van der Waals surface area (Å²) in [5, 5.41) is -0.547. The molecule has 1 aromatic rings. The quantitative estimate of drug-likeness (QED) is 0.544. The van der Waals surface area contributed by atoms with E-state index in [1.807, 2.05) is 10.8 Å². The highest BCUT2D eigenvalue weighted by Crippen LogP contribution is 2.10. The number of aryl methyl sites for hydroxylation is 1. The summed E-state index contributed by atoms with van der Waals surface area (Å²) in [6.45, 7) is 4.62. The lowest BCUT2D eigenvalue weighted by Crippen LogP contribution is -2.47. The molecule has 6 nitrogen and oxygen atoms in total. The summed E-state index contributed by atoms with van der Waals surface area (Å²) in [6, 6.07) is -0.335. The molecule has 0 aromatic carbocycles. The predicted octanol–water partition coefficient (Wildman–Crippen LogP) is 0.101. The number of aromatic nitrogens is 2. The summed E-state index contributed by atoms with van der Waals surface area (Å²) in [4.78, 5) is 4.26. The first-order chi connectivity index (χ1) is 8.40. The fourth-order valence-electron chi connectivity index (χ4n) is 1.83. The molecule has 7 heteroatoms. The van der Waals surface area contributed by atoms with Gasteiger partial charge in [0.05, 0.1) is 5.25 Å². The van der Waals surface area contributed by atoms with Crippen molar-refractivity contribution in [1.29, 1.82) is 0 Å². The Morgan fingerprint density at radius 3 is 2.72 bits per heavy atom. The van der Waals surface area contributed by atoms with Crippen LogP contribution in [0.15, 0.2) is 12.4 Å². The third-order valence-corrected chi connectivity index (χ3v) is 4.80. The zero-order valence-electron chi connectivity index (χ0n) is 11.1. The van der Waals surface area contributed by atoms with Crippen LogP contribution in [0.1, 0.15) is 26.1 Å². The van der Waals surface area contributed by atoms with Gasteiger partial charge in [-0.25, -0.2) is 13.4 Å². The van der Waals surface area contributed by atoms with Crippen molar-refractivity contribution in [2.24, 2.45) is 5.84 Å². The van der Waals surface area contributed by atoms with Gasteiger partial charge in [0.2, 0.25) is 0 Å². The minimum Gasteiger partial charge on any atom is -0.335 e. The molecule has 1 heterocycles. The molecule has 0 aliphatic heterocycles. The van der Waals surface area contributed by atoms with Gasteiger partial charge in [-0.1, -0.05) is 6.92 Å². The molecule has 0 amide bonds. The minimum absolute atomic E-state index is 0.335. The number of nitrogens with one attached hydrogen (secondary N) is 1. The molecule has 0 saturated carbocycles. The van der Waals surface area contributed by atoms with Crippen LogP contribution in [0, 0.1) is 0 Å². The highest BCUT2D eigenvalue weighted by atomic mass is 32.2. The third kappa shape index (κ3) is 3.79. The molecule has 0 radical (unpaired) electrons. The molecule has 0 fully saturated rings. The number of hydrazine groups is 1. The summed E-state index contributed by atoms with van der Waals surface area (Å²) in [5.41, 5.74) is 2.58. The van der Waals surface area contributed by atoms with E-state index in [9.17, 15) is 8.42 Å². The molecular formula is C11H22N4O2S. The zero-order chi connectivity index (χ0) is 13.8. The fourth-order valence-corrected chi connectivity index (χ4v) is 2.60. The van der Waals surface area contributed by atoms with Crippen LogP contribution in [-0.4, -0.2) is 35.5 Å². The van der Waals surface area contributed by atoms with Gasteiger partial charge in [0.1, 0.15) is 5.82 Å². The number of hydrogen-bond donors (Lipinski definition) is 2. The second kappa shape index (κ2) is 6.31. The largest absolute Gasteiger partial charge is 0.335 e. The van der Waals surface area contributed by atoms with Gasteiger partial charge in [-0.15, -0.1) is 0 Å². The van der Waals surface area contributed by atoms with E-state index in [1.165, 1.54) is 6.26 Å². The van der Waals surface area contributed by atoms with Crippen molar-refractivity contribution in [3.05, 3.63) is 18.2 Å². The molecule has 0 saturated heterocycles. The van der Waals surface area contributed by atoms with E-state index in [-0.39, 0.29) is 6.04 Å². The van der Waals surface area contributed by atoms with E-state index in [0.29, 0.717) is 6.42 Å². The lowest BCUT2D eigenvalue weighted by molar-refractivity contribution is 0.475. The van der Waals surface area contributed by atoms with Crippen LogP contribution in [0.4, 0.5) is 0 Å². The van der Waals surface area contributed by atoms with Crippen LogP contribution in [0.3, 0.4) is 0 Å². The third-order valence-electron chi connectivity index (χ3n) is 3.12. The number of imidazole rings is 1. The Labute approximate surface area is 108 Å². The first-order valence-corrected chi connectivity index (χ1v) is 8.00. The number of rotatable bonds is 7. The molecule has 3 N–H and O–H groups in total. The van der Waals surface area contributed by atoms with Gasteiger partial charge >= 0.3 is 0 Å². The SMILES string of the molecule is CCCn1ccnc1CC(NN)C(C)S(C)(=O)=O. The lowest BCUT2D eigenvalue weighted by Gasteiger charge is -2.21. The van der Waals surface area contributed by atoms with E-state index >= 15 is 0 Å². The summed E-state index contributed by atoms with van der Waals surface area (Å²) < 4.78 is 25.1. The van der Waals surface area contributed by atoms with Crippen LogP contribution >= 0.6 is 0 Å². The molecule has 0 spiro atoms. The lowest BCUT2D eigenvalue weighted by atomic mass is 10.1.